The first-order valence-corrected chi connectivity index (χ1v) is 13.1. The number of carbonyl (C=O) groups excluding carboxylic acids is 3. The van der Waals surface area contributed by atoms with Crippen molar-refractivity contribution in [1.29, 1.82) is 0 Å². The van der Waals surface area contributed by atoms with E-state index in [1.807, 2.05) is 26.1 Å². The quantitative estimate of drug-likeness (QED) is 0.537. The van der Waals surface area contributed by atoms with Crippen LogP contribution >= 0.6 is 0 Å². The molecule has 1 amide bonds. The van der Waals surface area contributed by atoms with Gasteiger partial charge in [0.2, 0.25) is 0 Å². The van der Waals surface area contributed by atoms with Gasteiger partial charge in [0.1, 0.15) is 5.82 Å². The Hall–Kier alpha value is -3.94. The molecule has 2 aromatic rings. The minimum atomic E-state index is -0.438. The summed E-state index contributed by atoms with van der Waals surface area (Å²) in [4.78, 5) is 40.9. The number of nitrogens with zero attached hydrogens (tertiary/aromatic N) is 1. The second-order valence-corrected chi connectivity index (χ2v) is 9.75. The van der Waals surface area contributed by atoms with Gasteiger partial charge >= 0.3 is 0 Å². The van der Waals surface area contributed by atoms with Crippen LogP contribution in [0.2, 0.25) is 0 Å². The number of anilines is 1. The van der Waals surface area contributed by atoms with E-state index in [4.69, 9.17) is 9.47 Å². The van der Waals surface area contributed by atoms with Gasteiger partial charge in [0.25, 0.3) is 5.91 Å². The molecular weight excluding hydrogens is 487 g/mol. The van der Waals surface area contributed by atoms with Crippen LogP contribution in [0.4, 0.5) is 10.1 Å². The summed E-state index contributed by atoms with van der Waals surface area (Å²) in [7, 11) is 1.97. The predicted molar refractivity (Wildman–Crippen MR) is 140 cm³/mol. The summed E-state index contributed by atoms with van der Waals surface area (Å²) in [6.07, 6.45) is 4.18. The van der Waals surface area contributed by atoms with Crippen molar-refractivity contribution >= 4 is 23.2 Å². The average Bonchev–Trinajstić information content (AvgIpc) is 2.91. The van der Waals surface area contributed by atoms with Crippen LogP contribution in [-0.2, 0) is 14.4 Å². The fourth-order valence-electron chi connectivity index (χ4n) is 5.65. The van der Waals surface area contributed by atoms with E-state index in [1.54, 1.807) is 6.07 Å². The summed E-state index contributed by atoms with van der Waals surface area (Å²) in [6.45, 7) is 1.95. The Morgan fingerprint density at radius 2 is 1.55 bits per heavy atom. The third kappa shape index (κ3) is 4.95. The van der Waals surface area contributed by atoms with Gasteiger partial charge in [-0.05, 0) is 74.6 Å². The number of allylic oxidation sites excluding steroid dienone is 4. The Bertz CT molecular complexity index is 1300. The van der Waals surface area contributed by atoms with Crippen LogP contribution in [0.15, 0.2) is 65.0 Å². The van der Waals surface area contributed by atoms with Crippen molar-refractivity contribution in [2.75, 3.05) is 25.6 Å². The molecule has 0 bridgehead atoms. The maximum Gasteiger partial charge on any atom is 0.262 e. The largest absolute Gasteiger partial charge is 0.490 e. The molecule has 0 atom stereocenters. The average molecular weight is 519 g/mol. The summed E-state index contributed by atoms with van der Waals surface area (Å²) in [5.41, 5.74) is 4.70. The predicted octanol–water partition coefficient (Wildman–Crippen LogP) is 5.29. The summed E-state index contributed by atoms with van der Waals surface area (Å²) in [6, 6.07) is 10.9. The highest BCUT2D eigenvalue weighted by molar-refractivity contribution is 6.06. The molecule has 38 heavy (non-hydrogen) atoms. The number of hydrogen-bond donors (Lipinski definition) is 1. The molecule has 0 saturated carbocycles. The van der Waals surface area contributed by atoms with Crippen LogP contribution in [0.1, 0.15) is 56.9 Å². The van der Waals surface area contributed by atoms with Gasteiger partial charge in [-0.2, -0.15) is 0 Å². The maximum absolute atomic E-state index is 13.2. The molecule has 2 aliphatic carbocycles. The molecule has 5 rings (SSSR count). The van der Waals surface area contributed by atoms with Crippen molar-refractivity contribution < 1.29 is 28.2 Å². The molecule has 0 unspecified atom stereocenters. The molecule has 0 radical (unpaired) electrons. The van der Waals surface area contributed by atoms with Gasteiger partial charge in [0.15, 0.2) is 29.7 Å². The van der Waals surface area contributed by atoms with Crippen LogP contribution < -0.4 is 14.8 Å². The topological polar surface area (TPSA) is 84.9 Å². The zero-order valence-electron chi connectivity index (χ0n) is 21.6. The van der Waals surface area contributed by atoms with E-state index in [-0.39, 0.29) is 24.0 Å². The minimum absolute atomic E-state index is 0.0868. The Kier molecular flexibility index (Phi) is 7.31. The first kappa shape index (κ1) is 25.7. The Labute approximate surface area is 221 Å². The first-order valence-electron chi connectivity index (χ1n) is 13.1. The summed E-state index contributed by atoms with van der Waals surface area (Å²) in [5.74, 6) is -0.232. The molecule has 1 N–H and O–H groups in total. The second kappa shape index (κ2) is 10.8. The third-order valence-electron chi connectivity index (χ3n) is 7.33. The van der Waals surface area contributed by atoms with Crippen molar-refractivity contribution in [1.82, 2.24) is 4.90 Å². The maximum atomic E-state index is 13.2. The van der Waals surface area contributed by atoms with Crippen LogP contribution in [0.25, 0.3) is 0 Å². The number of halogens is 1. The fourth-order valence-corrected chi connectivity index (χ4v) is 5.65. The molecule has 0 saturated heterocycles. The lowest BCUT2D eigenvalue weighted by Gasteiger charge is -2.42. The van der Waals surface area contributed by atoms with Gasteiger partial charge in [-0.1, -0.05) is 6.07 Å². The van der Waals surface area contributed by atoms with Gasteiger partial charge in [0, 0.05) is 54.0 Å². The summed E-state index contributed by atoms with van der Waals surface area (Å²) < 4.78 is 24.8. The number of Topliss-reactive ketones (excluding diaryl/α,β-unsaturated/α-hetero) is 2. The van der Waals surface area contributed by atoms with Crippen molar-refractivity contribution in [2.24, 2.45) is 0 Å². The fraction of sp³-hybridized carbons (Fsp3) is 0.367. The molecular formula is C30H31FN2O5. The highest BCUT2D eigenvalue weighted by Gasteiger charge is 2.42. The monoisotopic (exact) mass is 518 g/mol. The first-order chi connectivity index (χ1) is 18.4. The molecule has 0 fully saturated rings. The number of benzene rings is 2. The second-order valence-electron chi connectivity index (χ2n) is 9.75. The van der Waals surface area contributed by atoms with Crippen molar-refractivity contribution in [3.8, 4) is 11.5 Å². The number of ether oxygens (including phenoxy) is 2. The van der Waals surface area contributed by atoms with Gasteiger partial charge in [-0.3, -0.25) is 14.4 Å². The SMILES string of the molecule is CCOc1cc(C2C3=C(CCCC3=O)N(C)C3=C2C(=O)CCC3)ccc1OCC(=O)Nc1ccc(F)cc1. The number of ketones is 2. The number of carbonyl (C=O) groups is 3. The van der Waals surface area contributed by atoms with E-state index in [9.17, 15) is 18.8 Å². The Balaban J connectivity index is 1.45. The van der Waals surface area contributed by atoms with E-state index in [2.05, 4.69) is 10.2 Å². The van der Waals surface area contributed by atoms with Gasteiger partial charge in [0.05, 0.1) is 6.61 Å². The normalized spacial score (nSPS) is 17.8. The van der Waals surface area contributed by atoms with Crippen LogP contribution in [0, 0.1) is 5.82 Å². The molecule has 1 aliphatic heterocycles. The minimum Gasteiger partial charge on any atom is -0.490 e. The lowest BCUT2D eigenvalue weighted by molar-refractivity contribution is -0.118. The Morgan fingerprint density at radius 3 is 2.16 bits per heavy atom. The van der Waals surface area contributed by atoms with Gasteiger partial charge < -0.3 is 19.7 Å². The third-order valence-corrected chi connectivity index (χ3v) is 7.33. The van der Waals surface area contributed by atoms with Crippen molar-refractivity contribution in [3.05, 3.63) is 76.4 Å². The summed E-state index contributed by atoms with van der Waals surface area (Å²) in [5, 5.41) is 2.67. The van der Waals surface area contributed by atoms with Crippen LogP contribution in [0.3, 0.4) is 0 Å². The summed E-state index contributed by atoms with van der Waals surface area (Å²) >= 11 is 0. The molecule has 7 nitrogen and oxygen atoms in total. The molecule has 0 aromatic heterocycles. The van der Waals surface area contributed by atoms with Gasteiger partial charge in [-0.25, -0.2) is 4.39 Å². The standard InChI is InChI=1S/C30H31FN2O5/c1-3-37-26-16-18(10-15-25(26)38-17-27(36)32-20-13-11-19(31)12-14-20)28-29-21(6-4-8-23(29)34)33(2)22-7-5-9-24(35)30(22)28/h10-16,28H,3-9,17H2,1-2H3,(H,32,36). The number of rotatable bonds is 7. The van der Waals surface area contributed by atoms with Crippen molar-refractivity contribution in [2.45, 2.75) is 51.4 Å². The molecule has 1 heterocycles. The van der Waals surface area contributed by atoms with E-state index in [0.29, 0.717) is 47.8 Å². The molecule has 8 heteroatoms. The highest BCUT2D eigenvalue weighted by Crippen LogP contribution is 2.49. The van der Waals surface area contributed by atoms with E-state index in [1.165, 1.54) is 24.3 Å². The van der Waals surface area contributed by atoms with E-state index in [0.717, 1.165) is 42.6 Å². The zero-order valence-corrected chi connectivity index (χ0v) is 21.6. The number of amides is 1. The molecule has 3 aliphatic rings. The lowest BCUT2D eigenvalue weighted by atomic mass is 9.71. The lowest BCUT2D eigenvalue weighted by Crippen LogP contribution is -2.37. The van der Waals surface area contributed by atoms with E-state index >= 15 is 0 Å². The molecule has 0 spiro atoms. The molecule has 198 valence electrons. The number of hydrogen-bond acceptors (Lipinski definition) is 6. The smallest absolute Gasteiger partial charge is 0.262 e. The van der Waals surface area contributed by atoms with E-state index < -0.39 is 11.8 Å². The van der Waals surface area contributed by atoms with Crippen molar-refractivity contribution in [3.63, 3.8) is 0 Å². The number of nitrogens with one attached hydrogen (secondary N) is 1. The van der Waals surface area contributed by atoms with Crippen LogP contribution in [0.5, 0.6) is 11.5 Å². The Morgan fingerprint density at radius 1 is 0.921 bits per heavy atom. The molecule has 2 aromatic carbocycles. The highest BCUT2D eigenvalue weighted by atomic mass is 19.1. The van der Waals surface area contributed by atoms with Crippen LogP contribution in [-0.4, -0.2) is 42.6 Å². The zero-order chi connectivity index (χ0) is 26.8. The van der Waals surface area contributed by atoms with Gasteiger partial charge in [-0.15, -0.1) is 0 Å².